The van der Waals surface area contributed by atoms with Crippen LogP contribution < -0.4 is 4.90 Å². The highest BCUT2D eigenvalue weighted by molar-refractivity contribution is 7.79. The summed E-state index contributed by atoms with van der Waals surface area (Å²) in [5.74, 6) is 1.62. The summed E-state index contributed by atoms with van der Waals surface area (Å²) in [6.07, 6.45) is 8.10. The molecule has 1 saturated carbocycles. The Morgan fingerprint density at radius 3 is 2.47 bits per heavy atom. The molecular formula is C13H20N2S2. The van der Waals surface area contributed by atoms with Gasteiger partial charge in [0.2, 0.25) is 0 Å². The first-order chi connectivity index (χ1) is 8.38. The third-order valence-corrected chi connectivity index (χ3v) is 5.36. The molecule has 0 amide bonds. The van der Waals surface area contributed by atoms with Crippen LogP contribution in [0.5, 0.6) is 0 Å². The molecular weight excluding hydrogens is 248 g/mol. The van der Waals surface area contributed by atoms with Gasteiger partial charge in [0, 0.05) is 29.6 Å². The smallest absolute Gasteiger partial charge is 0.185 e. The van der Waals surface area contributed by atoms with E-state index in [1.165, 1.54) is 67.3 Å². The van der Waals surface area contributed by atoms with Crippen LogP contribution in [0.3, 0.4) is 0 Å². The SMILES string of the molecule is SCc1sc(N2CCCCCC2)nc1C1CC1. The normalized spacial score (nSPS) is 21.6. The lowest BCUT2D eigenvalue weighted by Crippen LogP contribution is -2.23. The number of anilines is 1. The summed E-state index contributed by atoms with van der Waals surface area (Å²) >= 11 is 6.33. The van der Waals surface area contributed by atoms with Crippen LogP contribution in [0.1, 0.15) is 55.0 Å². The summed E-state index contributed by atoms with van der Waals surface area (Å²) in [5, 5.41) is 1.26. The molecule has 17 heavy (non-hydrogen) atoms. The molecule has 1 aromatic rings. The highest BCUT2D eigenvalue weighted by Gasteiger charge is 2.30. The van der Waals surface area contributed by atoms with Crippen LogP contribution in [0.15, 0.2) is 0 Å². The maximum atomic E-state index is 4.90. The molecule has 0 bridgehead atoms. The van der Waals surface area contributed by atoms with Crippen molar-refractivity contribution in [2.75, 3.05) is 18.0 Å². The van der Waals surface area contributed by atoms with E-state index >= 15 is 0 Å². The number of hydrogen-bond acceptors (Lipinski definition) is 4. The molecule has 0 aromatic carbocycles. The zero-order valence-electron chi connectivity index (χ0n) is 10.2. The van der Waals surface area contributed by atoms with E-state index < -0.39 is 0 Å². The summed E-state index contributed by atoms with van der Waals surface area (Å²) in [7, 11) is 0. The molecule has 2 nitrogen and oxygen atoms in total. The Labute approximate surface area is 113 Å². The summed E-state index contributed by atoms with van der Waals surface area (Å²) in [5.41, 5.74) is 1.37. The predicted octanol–water partition coefficient (Wildman–Crippen LogP) is 3.83. The van der Waals surface area contributed by atoms with E-state index in [1.54, 1.807) is 0 Å². The van der Waals surface area contributed by atoms with Crippen LogP contribution in [-0.4, -0.2) is 18.1 Å². The van der Waals surface area contributed by atoms with Gasteiger partial charge in [-0.1, -0.05) is 12.8 Å². The third kappa shape index (κ3) is 2.63. The lowest BCUT2D eigenvalue weighted by Gasteiger charge is -2.18. The second kappa shape index (κ2) is 5.19. The molecule has 2 fully saturated rings. The zero-order chi connectivity index (χ0) is 11.7. The van der Waals surface area contributed by atoms with Crippen LogP contribution in [0.25, 0.3) is 0 Å². The lowest BCUT2D eigenvalue weighted by molar-refractivity contribution is 0.726. The number of thiol groups is 1. The number of hydrogen-bond donors (Lipinski definition) is 1. The van der Waals surface area contributed by atoms with Crippen LogP contribution in [0.2, 0.25) is 0 Å². The topological polar surface area (TPSA) is 16.1 Å². The molecule has 0 radical (unpaired) electrons. The first-order valence-corrected chi connectivity index (χ1v) is 8.19. The van der Waals surface area contributed by atoms with Crippen molar-refractivity contribution in [1.29, 1.82) is 0 Å². The van der Waals surface area contributed by atoms with E-state index in [1.807, 2.05) is 11.3 Å². The van der Waals surface area contributed by atoms with Gasteiger partial charge >= 0.3 is 0 Å². The molecule has 1 aliphatic heterocycles. The van der Waals surface area contributed by atoms with Gasteiger partial charge in [0.1, 0.15) is 0 Å². The second-order valence-corrected chi connectivity index (χ2v) is 6.52. The van der Waals surface area contributed by atoms with E-state index in [-0.39, 0.29) is 0 Å². The molecule has 2 aliphatic rings. The Bertz CT molecular complexity index is 377. The van der Waals surface area contributed by atoms with Crippen molar-refractivity contribution in [2.24, 2.45) is 0 Å². The van der Waals surface area contributed by atoms with Crippen molar-refractivity contribution in [2.45, 2.75) is 50.2 Å². The summed E-state index contributed by atoms with van der Waals surface area (Å²) in [4.78, 5) is 8.81. The van der Waals surface area contributed by atoms with E-state index in [0.29, 0.717) is 0 Å². The number of thiazole rings is 1. The molecule has 1 aliphatic carbocycles. The number of aromatic nitrogens is 1. The van der Waals surface area contributed by atoms with Gasteiger partial charge in [-0.2, -0.15) is 12.6 Å². The average molecular weight is 268 g/mol. The molecule has 1 saturated heterocycles. The maximum absolute atomic E-state index is 4.90. The van der Waals surface area contributed by atoms with Crippen molar-refractivity contribution >= 4 is 29.1 Å². The predicted molar refractivity (Wildman–Crippen MR) is 77.5 cm³/mol. The molecule has 1 aromatic heterocycles. The van der Waals surface area contributed by atoms with Gasteiger partial charge in [0.25, 0.3) is 0 Å². The fourth-order valence-electron chi connectivity index (χ4n) is 2.54. The van der Waals surface area contributed by atoms with Gasteiger partial charge in [-0.25, -0.2) is 4.98 Å². The monoisotopic (exact) mass is 268 g/mol. The van der Waals surface area contributed by atoms with Crippen molar-refractivity contribution in [3.05, 3.63) is 10.6 Å². The number of nitrogens with zero attached hydrogens (tertiary/aromatic N) is 2. The van der Waals surface area contributed by atoms with Crippen molar-refractivity contribution < 1.29 is 0 Å². The number of rotatable bonds is 3. The standard InChI is InChI=1S/C13H20N2S2/c16-9-11-12(10-5-6-10)14-13(17-11)15-7-3-1-2-4-8-15/h10,16H,1-9H2. The molecule has 0 unspecified atom stereocenters. The second-order valence-electron chi connectivity index (χ2n) is 5.14. The minimum Gasteiger partial charge on any atom is -0.348 e. The Morgan fingerprint density at radius 1 is 1.18 bits per heavy atom. The van der Waals surface area contributed by atoms with Gasteiger partial charge < -0.3 is 4.90 Å². The minimum atomic E-state index is 0.758. The van der Waals surface area contributed by atoms with E-state index in [9.17, 15) is 0 Å². The largest absolute Gasteiger partial charge is 0.348 e. The molecule has 0 atom stereocenters. The van der Waals surface area contributed by atoms with E-state index in [2.05, 4.69) is 17.5 Å². The van der Waals surface area contributed by atoms with Gasteiger partial charge in [0.15, 0.2) is 5.13 Å². The van der Waals surface area contributed by atoms with E-state index in [4.69, 9.17) is 4.98 Å². The van der Waals surface area contributed by atoms with Crippen molar-refractivity contribution in [3.8, 4) is 0 Å². The Hall–Kier alpha value is -0.220. The van der Waals surface area contributed by atoms with E-state index in [0.717, 1.165) is 11.7 Å². The van der Waals surface area contributed by atoms with Crippen LogP contribution in [-0.2, 0) is 5.75 Å². The molecule has 2 heterocycles. The first kappa shape index (κ1) is 11.8. The van der Waals surface area contributed by atoms with Gasteiger partial charge in [-0.05, 0) is 25.7 Å². The molecule has 0 spiro atoms. The van der Waals surface area contributed by atoms with Crippen molar-refractivity contribution in [1.82, 2.24) is 4.98 Å². The average Bonchev–Trinajstić information content (AvgIpc) is 3.14. The van der Waals surface area contributed by atoms with Gasteiger partial charge in [0.05, 0.1) is 5.69 Å². The zero-order valence-corrected chi connectivity index (χ0v) is 11.9. The fourth-order valence-corrected chi connectivity index (χ4v) is 3.95. The van der Waals surface area contributed by atoms with Crippen LogP contribution in [0, 0.1) is 0 Å². The molecule has 0 N–H and O–H groups in total. The minimum absolute atomic E-state index is 0.758. The first-order valence-electron chi connectivity index (χ1n) is 6.74. The quantitative estimate of drug-likeness (QED) is 0.839. The lowest BCUT2D eigenvalue weighted by atomic mass is 10.2. The Balaban J connectivity index is 1.81. The summed E-state index contributed by atoms with van der Waals surface area (Å²) in [6.45, 7) is 2.40. The van der Waals surface area contributed by atoms with Gasteiger partial charge in [-0.15, -0.1) is 11.3 Å². The Kier molecular flexibility index (Phi) is 3.61. The van der Waals surface area contributed by atoms with Crippen LogP contribution in [0.4, 0.5) is 5.13 Å². The van der Waals surface area contributed by atoms with Crippen LogP contribution >= 0.6 is 24.0 Å². The van der Waals surface area contributed by atoms with Crippen molar-refractivity contribution in [3.63, 3.8) is 0 Å². The Morgan fingerprint density at radius 2 is 1.88 bits per heavy atom. The van der Waals surface area contributed by atoms with Gasteiger partial charge in [-0.3, -0.25) is 0 Å². The molecule has 4 heteroatoms. The third-order valence-electron chi connectivity index (χ3n) is 3.70. The molecule has 3 rings (SSSR count). The maximum Gasteiger partial charge on any atom is 0.185 e. The highest BCUT2D eigenvalue weighted by atomic mass is 32.1. The highest BCUT2D eigenvalue weighted by Crippen LogP contribution is 2.44. The molecule has 94 valence electrons. The summed E-state index contributed by atoms with van der Waals surface area (Å²) in [6, 6.07) is 0. The summed E-state index contributed by atoms with van der Waals surface area (Å²) < 4.78 is 0. The fraction of sp³-hybridized carbons (Fsp3) is 0.769.